The van der Waals surface area contributed by atoms with Gasteiger partial charge in [0.2, 0.25) is 0 Å². The van der Waals surface area contributed by atoms with Crippen molar-refractivity contribution >= 4 is 6.09 Å². The number of halogens is 2. The van der Waals surface area contributed by atoms with Crippen molar-refractivity contribution in [1.29, 1.82) is 0 Å². The topological polar surface area (TPSA) is 68.2 Å². The number of aliphatic hydroxyl groups is 1. The first-order valence-corrected chi connectivity index (χ1v) is 9.98. The van der Waals surface area contributed by atoms with Crippen LogP contribution in [0.5, 0.6) is 11.5 Å². The number of nitrogens with zero attached hydrogens (tertiary/aromatic N) is 1. The average molecular weight is 413 g/mol. The van der Waals surface area contributed by atoms with Gasteiger partial charge in [-0.1, -0.05) is 6.07 Å². The summed E-state index contributed by atoms with van der Waals surface area (Å²) in [7, 11) is 0. The van der Waals surface area contributed by atoms with Crippen LogP contribution in [0, 0.1) is 5.92 Å². The summed E-state index contributed by atoms with van der Waals surface area (Å²) in [5.74, 6) is 0.686. The summed E-state index contributed by atoms with van der Waals surface area (Å²) < 4.78 is 41.2. The second-order valence-electron chi connectivity index (χ2n) is 8.74. The second kappa shape index (κ2) is 8.73. The molecule has 2 atom stereocenters. The number of alkyl halides is 2. The molecule has 162 valence electrons. The van der Waals surface area contributed by atoms with Crippen LogP contribution in [0.3, 0.4) is 0 Å². The van der Waals surface area contributed by atoms with Crippen LogP contribution in [-0.2, 0) is 4.74 Å². The lowest BCUT2D eigenvalue weighted by Gasteiger charge is -2.27. The smallest absolute Gasteiger partial charge is 0.410 e. The molecule has 1 aromatic carbocycles. The van der Waals surface area contributed by atoms with E-state index in [4.69, 9.17) is 9.47 Å². The van der Waals surface area contributed by atoms with Gasteiger partial charge in [-0.3, -0.25) is 0 Å². The lowest BCUT2D eigenvalue weighted by molar-refractivity contribution is -0.0515. The van der Waals surface area contributed by atoms with Crippen molar-refractivity contribution in [3.05, 3.63) is 23.8 Å². The first kappa shape index (κ1) is 21.6. The van der Waals surface area contributed by atoms with Crippen LogP contribution in [0.25, 0.3) is 0 Å². The number of benzene rings is 1. The number of hydrogen-bond acceptors (Lipinski definition) is 5. The standard InChI is InChI=1S/C21H29F2NO5/c1-21(2,3)29-20(26)24-10-15(8-16(24)11-25)14-6-7-17(28-19(22)23)18(9-14)27-12-13-4-5-13/h6-7,9,13,15-16,19,25H,4-5,8,10-12H2,1-3H3/t15-,16-/m1/s1. The highest BCUT2D eigenvalue weighted by molar-refractivity contribution is 5.69. The summed E-state index contributed by atoms with van der Waals surface area (Å²) in [5.41, 5.74) is 0.217. The molecule has 0 aromatic heterocycles. The van der Waals surface area contributed by atoms with E-state index in [9.17, 15) is 18.7 Å². The Balaban J connectivity index is 1.76. The Morgan fingerprint density at radius 1 is 1.28 bits per heavy atom. The Morgan fingerprint density at radius 3 is 2.59 bits per heavy atom. The number of carbonyl (C=O) groups excluding carboxylic acids is 1. The molecule has 8 heteroatoms. The third kappa shape index (κ3) is 5.95. The van der Waals surface area contributed by atoms with E-state index >= 15 is 0 Å². The van der Waals surface area contributed by atoms with Crippen molar-refractivity contribution in [3.63, 3.8) is 0 Å². The Morgan fingerprint density at radius 2 is 2.00 bits per heavy atom. The van der Waals surface area contributed by atoms with Crippen molar-refractivity contribution in [2.75, 3.05) is 19.8 Å². The molecular weight excluding hydrogens is 384 g/mol. The van der Waals surface area contributed by atoms with Crippen molar-refractivity contribution in [1.82, 2.24) is 4.90 Å². The molecule has 0 unspecified atom stereocenters. The zero-order valence-electron chi connectivity index (χ0n) is 17.1. The molecule has 6 nitrogen and oxygen atoms in total. The van der Waals surface area contributed by atoms with E-state index in [1.54, 1.807) is 32.9 Å². The average Bonchev–Trinajstić information content (AvgIpc) is 3.35. The predicted molar refractivity (Wildman–Crippen MR) is 102 cm³/mol. The number of carbonyl (C=O) groups is 1. The van der Waals surface area contributed by atoms with Crippen LogP contribution in [0.15, 0.2) is 18.2 Å². The lowest BCUT2D eigenvalue weighted by atomic mass is 9.96. The molecule has 1 saturated heterocycles. The minimum Gasteiger partial charge on any atom is -0.489 e. The monoisotopic (exact) mass is 413 g/mol. The molecule has 1 heterocycles. The Hall–Kier alpha value is -2.09. The van der Waals surface area contributed by atoms with Crippen LogP contribution in [0.1, 0.15) is 51.5 Å². The molecule has 1 aliphatic heterocycles. The zero-order valence-corrected chi connectivity index (χ0v) is 17.1. The molecule has 29 heavy (non-hydrogen) atoms. The number of amides is 1. The molecule has 1 N–H and O–H groups in total. The van der Waals surface area contributed by atoms with Crippen LogP contribution in [0.4, 0.5) is 13.6 Å². The predicted octanol–water partition coefficient (Wildman–Crippen LogP) is 4.16. The van der Waals surface area contributed by atoms with Gasteiger partial charge >= 0.3 is 12.7 Å². The molecule has 3 rings (SSSR count). The van der Waals surface area contributed by atoms with Gasteiger partial charge in [-0.25, -0.2) is 4.79 Å². The van der Waals surface area contributed by atoms with E-state index in [1.165, 1.54) is 11.0 Å². The maximum Gasteiger partial charge on any atom is 0.410 e. The van der Waals surface area contributed by atoms with E-state index in [2.05, 4.69) is 4.74 Å². The van der Waals surface area contributed by atoms with Gasteiger partial charge in [0.25, 0.3) is 0 Å². The number of ether oxygens (including phenoxy) is 3. The zero-order chi connectivity index (χ0) is 21.2. The van der Waals surface area contributed by atoms with Gasteiger partial charge in [-0.15, -0.1) is 0 Å². The summed E-state index contributed by atoms with van der Waals surface area (Å²) >= 11 is 0. The number of aliphatic hydroxyl groups excluding tert-OH is 1. The normalized spacial score (nSPS) is 22.1. The highest BCUT2D eigenvalue weighted by Gasteiger charge is 2.38. The number of likely N-dealkylation sites (tertiary alicyclic amines) is 1. The largest absolute Gasteiger partial charge is 0.489 e. The third-order valence-electron chi connectivity index (χ3n) is 5.08. The fourth-order valence-electron chi connectivity index (χ4n) is 3.45. The fourth-order valence-corrected chi connectivity index (χ4v) is 3.45. The van der Waals surface area contributed by atoms with Crippen LogP contribution in [-0.4, -0.2) is 54.1 Å². The minimum absolute atomic E-state index is 0.00473. The van der Waals surface area contributed by atoms with Crippen LogP contribution in [0.2, 0.25) is 0 Å². The van der Waals surface area contributed by atoms with Gasteiger partial charge in [0.05, 0.1) is 19.3 Å². The molecule has 1 aliphatic carbocycles. The number of rotatable bonds is 7. The number of hydrogen-bond donors (Lipinski definition) is 1. The van der Waals surface area contributed by atoms with Crippen LogP contribution >= 0.6 is 0 Å². The van der Waals surface area contributed by atoms with Crippen molar-refractivity contribution in [2.45, 2.75) is 64.2 Å². The molecule has 0 spiro atoms. The van der Waals surface area contributed by atoms with E-state index in [-0.39, 0.29) is 30.1 Å². The van der Waals surface area contributed by atoms with E-state index < -0.39 is 18.3 Å². The molecule has 1 amide bonds. The minimum atomic E-state index is -2.93. The molecule has 0 bridgehead atoms. The maximum absolute atomic E-state index is 12.7. The van der Waals surface area contributed by atoms with Gasteiger partial charge in [0, 0.05) is 12.5 Å². The quantitative estimate of drug-likeness (QED) is 0.727. The van der Waals surface area contributed by atoms with Gasteiger partial charge in [0.1, 0.15) is 5.60 Å². The van der Waals surface area contributed by atoms with E-state index in [0.717, 1.165) is 18.4 Å². The van der Waals surface area contributed by atoms with Gasteiger partial charge in [-0.05, 0) is 63.6 Å². The molecule has 1 saturated carbocycles. The second-order valence-corrected chi connectivity index (χ2v) is 8.74. The van der Waals surface area contributed by atoms with E-state index in [1.807, 2.05) is 0 Å². The fraction of sp³-hybridized carbons (Fsp3) is 0.667. The van der Waals surface area contributed by atoms with Gasteiger partial charge in [-0.2, -0.15) is 8.78 Å². The molecule has 1 aromatic rings. The summed E-state index contributed by atoms with van der Waals surface area (Å²) in [4.78, 5) is 14.0. The van der Waals surface area contributed by atoms with Crippen molar-refractivity contribution in [3.8, 4) is 11.5 Å². The van der Waals surface area contributed by atoms with E-state index in [0.29, 0.717) is 25.5 Å². The Labute approximate surface area is 169 Å². The van der Waals surface area contributed by atoms with Crippen LogP contribution < -0.4 is 9.47 Å². The summed E-state index contributed by atoms with van der Waals surface area (Å²) in [6.07, 6.45) is 2.24. The Bertz CT molecular complexity index is 718. The highest BCUT2D eigenvalue weighted by Crippen LogP contribution is 2.39. The SMILES string of the molecule is CC(C)(C)OC(=O)N1C[C@H](c2ccc(OC(F)F)c(OCC3CC3)c2)C[C@@H]1CO. The third-order valence-corrected chi connectivity index (χ3v) is 5.08. The van der Waals surface area contributed by atoms with Crippen molar-refractivity contribution < 1.29 is 32.9 Å². The summed E-state index contributed by atoms with van der Waals surface area (Å²) in [6, 6.07) is 4.54. The lowest BCUT2D eigenvalue weighted by Crippen LogP contribution is -2.41. The van der Waals surface area contributed by atoms with Crippen molar-refractivity contribution in [2.24, 2.45) is 5.92 Å². The van der Waals surface area contributed by atoms with Gasteiger partial charge in [0.15, 0.2) is 11.5 Å². The molecule has 0 radical (unpaired) electrons. The first-order valence-electron chi connectivity index (χ1n) is 9.98. The molecule has 2 aliphatic rings. The molecular formula is C21H29F2NO5. The Kier molecular flexibility index (Phi) is 6.51. The maximum atomic E-state index is 12.7. The first-order chi connectivity index (χ1) is 13.7. The summed E-state index contributed by atoms with van der Waals surface area (Å²) in [6.45, 7) is 3.10. The van der Waals surface area contributed by atoms with Gasteiger partial charge < -0.3 is 24.2 Å². The summed E-state index contributed by atoms with van der Waals surface area (Å²) in [5, 5.41) is 9.72. The molecule has 2 fully saturated rings. The highest BCUT2D eigenvalue weighted by atomic mass is 19.3.